The molecule has 0 aliphatic heterocycles. The third kappa shape index (κ3) is 4.13. The number of carbonyl (C=O) groups is 1. The van der Waals surface area contributed by atoms with Crippen LogP contribution in [0.5, 0.6) is 0 Å². The average Bonchev–Trinajstić information content (AvgIpc) is 3.20. The molecule has 2 N–H and O–H groups in total. The van der Waals surface area contributed by atoms with Crippen molar-refractivity contribution in [2.75, 3.05) is 5.32 Å². The number of nitrogens with zero attached hydrogens (tertiary/aromatic N) is 2. The van der Waals surface area contributed by atoms with Gasteiger partial charge in [-0.1, -0.05) is 29.4 Å². The van der Waals surface area contributed by atoms with E-state index in [1.165, 1.54) is 11.8 Å². The van der Waals surface area contributed by atoms with Gasteiger partial charge in [-0.15, -0.1) is 16.4 Å². The lowest BCUT2D eigenvalue weighted by Gasteiger charge is -2.10. The normalized spacial score (nSPS) is 12.1. The van der Waals surface area contributed by atoms with Gasteiger partial charge in [0.25, 0.3) is 0 Å². The highest BCUT2D eigenvalue weighted by molar-refractivity contribution is 8.00. The minimum atomic E-state index is -0.322. The van der Waals surface area contributed by atoms with Crippen molar-refractivity contribution >= 4 is 46.3 Å². The van der Waals surface area contributed by atoms with Crippen molar-refractivity contribution in [3.63, 3.8) is 0 Å². The van der Waals surface area contributed by atoms with Crippen LogP contribution in [0.4, 0.5) is 5.69 Å². The zero-order chi connectivity index (χ0) is 16.2. The number of thiophene rings is 1. The van der Waals surface area contributed by atoms with E-state index in [9.17, 15) is 4.79 Å². The molecule has 0 radical (unpaired) electrons. The molecule has 0 spiro atoms. The summed E-state index contributed by atoms with van der Waals surface area (Å²) in [4.78, 5) is 17.6. The molecule has 2 heterocycles. The van der Waals surface area contributed by atoms with Gasteiger partial charge < -0.3 is 5.32 Å². The predicted octanol–water partition coefficient (Wildman–Crippen LogP) is 4.31. The fourth-order valence-corrected chi connectivity index (χ4v) is 3.33. The van der Waals surface area contributed by atoms with Crippen LogP contribution in [0, 0.1) is 0 Å². The number of carbonyl (C=O) groups excluding carboxylic acids is 1. The van der Waals surface area contributed by atoms with Gasteiger partial charge in [-0.05, 0) is 42.6 Å². The van der Waals surface area contributed by atoms with Gasteiger partial charge in [0, 0.05) is 10.7 Å². The van der Waals surface area contributed by atoms with E-state index < -0.39 is 0 Å². The molecule has 1 aromatic carbocycles. The second-order valence-corrected chi connectivity index (χ2v) is 7.39. The van der Waals surface area contributed by atoms with Crippen LogP contribution in [-0.2, 0) is 4.79 Å². The molecule has 3 rings (SSSR count). The maximum atomic E-state index is 12.2. The first-order valence-corrected chi connectivity index (χ1v) is 8.95. The van der Waals surface area contributed by atoms with Crippen LogP contribution in [0.1, 0.15) is 6.92 Å². The third-order valence-corrected chi connectivity index (χ3v) is 5.07. The van der Waals surface area contributed by atoms with Crippen molar-refractivity contribution in [2.24, 2.45) is 0 Å². The number of amides is 1. The molecule has 0 aliphatic rings. The SMILES string of the molecule is C[C@H](Sc1n[nH]c(-c2cccs2)n1)C(=O)Nc1ccc(Cl)cc1. The molecule has 8 heteroatoms. The van der Waals surface area contributed by atoms with Gasteiger partial charge in [-0.2, -0.15) is 0 Å². The number of aromatic amines is 1. The van der Waals surface area contributed by atoms with E-state index in [0.29, 0.717) is 21.7 Å². The first kappa shape index (κ1) is 16.0. The molecule has 0 aliphatic carbocycles. The molecule has 0 unspecified atom stereocenters. The zero-order valence-corrected chi connectivity index (χ0v) is 14.5. The molecule has 0 bridgehead atoms. The summed E-state index contributed by atoms with van der Waals surface area (Å²) in [5.74, 6) is 0.604. The second kappa shape index (κ2) is 7.16. The Bertz CT molecular complexity index is 786. The van der Waals surface area contributed by atoms with Crippen LogP contribution in [-0.4, -0.2) is 26.3 Å². The molecular formula is C15H13ClN4OS2. The highest BCUT2D eigenvalue weighted by Gasteiger charge is 2.17. The summed E-state index contributed by atoms with van der Waals surface area (Å²) in [5.41, 5.74) is 0.709. The Balaban J connectivity index is 1.61. The summed E-state index contributed by atoms with van der Waals surface area (Å²) in [6.45, 7) is 1.82. The van der Waals surface area contributed by atoms with Crippen LogP contribution < -0.4 is 5.32 Å². The smallest absolute Gasteiger partial charge is 0.237 e. The van der Waals surface area contributed by atoms with Gasteiger partial charge >= 0.3 is 0 Å². The highest BCUT2D eigenvalue weighted by Crippen LogP contribution is 2.25. The van der Waals surface area contributed by atoms with Gasteiger partial charge in [0.05, 0.1) is 10.1 Å². The summed E-state index contributed by atoms with van der Waals surface area (Å²) in [6.07, 6.45) is 0. The number of hydrogen-bond donors (Lipinski definition) is 2. The number of halogens is 1. The molecule has 0 saturated carbocycles. The summed E-state index contributed by atoms with van der Waals surface area (Å²) >= 11 is 8.72. The summed E-state index contributed by atoms with van der Waals surface area (Å²) in [5, 5.41) is 12.7. The maximum Gasteiger partial charge on any atom is 0.237 e. The molecule has 0 saturated heterocycles. The van der Waals surface area contributed by atoms with Gasteiger partial charge in [-0.25, -0.2) is 4.98 Å². The van der Waals surface area contributed by atoms with E-state index in [1.54, 1.807) is 35.6 Å². The van der Waals surface area contributed by atoms with Crippen LogP contribution >= 0.6 is 34.7 Å². The number of H-pyrrole nitrogens is 1. The maximum absolute atomic E-state index is 12.2. The molecule has 5 nitrogen and oxygen atoms in total. The monoisotopic (exact) mass is 364 g/mol. The van der Waals surface area contributed by atoms with Crippen LogP contribution in [0.15, 0.2) is 46.9 Å². The number of nitrogens with one attached hydrogen (secondary N) is 2. The van der Waals surface area contributed by atoms with Crippen molar-refractivity contribution in [3.05, 3.63) is 46.8 Å². The summed E-state index contributed by atoms with van der Waals surface area (Å²) < 4.78 is 0. The molecule has 3 aromatic rings. The zero-order valence-electron chi connectivity index (χ0n) is 12.1. The molecule has 118 valence electrons. The minimum Gasteiger partial charge on any atom is -0.325 e. The lowest BCUT2D eigenvalue weighted by Crippen LogP contribution is -2.22. The summed E-state index contributed by atoms with van der Waals surface area (Å²) in [7, 11) is 0. The van der Waals surface area contributed by atoms with Crippen molar-refractivity contribution in [1.82, 2.24) is 15.2 Å². The van der Waals surface area contributed by atoms with Gasteiger partial charge in [0.15, 0.2) is 5.82 Å². The minimum absolute atomic E-state index is 0.111. The number of anilines is 1. The van der Waals surface area contributed by atoms with Crippen molar-refractivity contribution < 1.29 is 4.79 Å². The Morgan fingerprint density at radius 3 is 2.83 bits per heavy atom. The Kier molecular flexibility index (Phi) is 5.00. The highest BCUT2D eigenvalue weighted by atomic mass is 35.5. The first-order chi connectivity index (χ1) is 11.1. The van der Waals surface area contributed by atoms with E-state index in [1.807, 2.05) is 24.4 Å². The second-order valence-electron chi connectivity index (χ2n) is 4.70. The van der Waals surface area contributed by atoms with Crippen molar-refractivity contribution in [2.45, 2.75) is 17.3 Å². The summed E-state index contributed by atoms with van der Waals surface area (Å²) in [6, 6.07) is 10.9. The molecular weight excluding hydrogens is 352 g/mol. The molecule has 23 heavy (non-hydrogen) atoms. The van der Waals surface area contributed by atoms with Gasteiger partial charge in [-0.3, -0.25) is 9.89 Å². The lowest BCUT2D eigenvalue weighted by atomic mass is 10.3. The Morgan fingerprint density at radius 2 is 2.13 bits per heavy atom. The first-order valence-electron chi connectivity index (χ1n) is 6.81. The van der Waals surface area contributed by atoms with E-state index in [4.69, 9.17) is 11.6 Å². The van der Waals surface area contributed by atoms with Crippen LogP contribution in [0.25, 0.3) is 10.7 Å². The standard InChI is InChI=1S/C15H13ClN4OS2/c1-9(14(21)17-11-6-4-10(16)5-7-11)23-15-18-13(19-20-15)12-3-2-8-22-12/h2-9H,1H3,(H,17,21)(H,18,19,20)/t9-/m0/s1. The fourth-order valence-electron chi connectivity index (χ4n) is 1.81. The van der Waals surface area contributed by atoms with Gasteiger partial charge in [0.1, 0.15) is 0 Å². The Labute approximate surface area is 146 Å². The van der Waals surface area contributed by atoms with Crippen molar-refractivity contribution in [1.29, 1.82) is 0 Å². The van der Waals surface area contributed by atoms with E-state index in [0.717, 1.165) is 4.88 Å². The number of aromatic nitrogens is 3. The van der Waals surface area contributed by atoms with Crippen molar-refractivity contribution in [3.8, 4) is 10.7 Å². The topological polar surface area (TPSA) is 70.7 Å². The number of rotatable bonds is 5. The third-order valence-electron chi connectivity index (χ3n) is 2.98. The van der Waals surface area contributed by atoms with Crippen LogP contribution in [0.2, 0.25) is 5.02 Å². The largest absolute Gasteiger partial charge is 0.325 e. The number of hydrogen-bond acceptors (Lipinski definition) is 5. The Hall–Kier alpha value is -1.83. The van der Waals surface area contributed by atoms with Gasteiger partial charge in [0.2, 0.25) is 11.1 Å². The quantitative estimate of drug-likeness (QED) is 0.662. The van der Waals surface area contributed by atoms with Crippen LogP contribution in [0.3, 0.4) is 0 Å². The molecule has 1 atom stereocenters. The van der Waals surface area contributed by atoms with E-state index >= 15 is 0 Å². The van der Waals surface area contributed by atoms with E-state index in [-0.39, 0.29) is 11.2 Å². The predicted molar refractivity (Wildman–Crippen MR) is 95.1 cm³/mol. The lowest BCUT2D eigenvalue weighted by molar-refractivity contribution is -0.115. The molecule has 2 aromatic heterocycles. The Morgan fingerprint density at radius 1 is 1.35 bits per heavy atom. The fraction of sp³-hybridized carbons (Fsp3) is 0.133. The number of thioether (sulfide) groups is 1. The average molecular weight is 365 g/mol. The molecule has 1 amide bonds. The molecule has 0 fully saturated rings. The van der Waals surface area contributed by atoms with E-state index in [2.05, 4.69) is 20.5 Å². The number of benzene rings is 1.